The number of methoxy groups -OCH3 is 2. The number of aromatic amines is 4. The van der Waals surface area contributed by atoms with E-state index in [1.54, 1.807) is 0 Å². The Kier molecular flexibility index (Phi) is 33.3. The van der Waals surface area contributed by atoms with Gasteiger partial charge in [-0.3, -0.25) is 19.3 Å². The highest BCUT2D eigenvalue weighted by Crippen LogP contribution is 2.42. The average Bonchev–Trinajstić information content (AvgIpc) is 1.69. The molecule has 0 unspecified atom stereocenters. The van der Waals surface area contributed by atoms with Crippen molar-refractivity contribution in [3.8, 4) is 67.3 Å². The normalized spacial score (nSPS) is 18.1. The predicted octanol–water partition coefficient (Wildman–Crippen LogP) is 21.6. The van der Waals surface area contributed by atoms with Gasteiger partial charge in [-0.25, -0.2) is 38.7 Å². The number of thioether (sulfide) groups is 2. The maximum absolute atomic E-state index is 14.4. The molecule has 0 bridgehead atoms. The second-order valence-corrected chi connectivity index (χ2v) is 41.4. The first-order valence-electron chi connectivity index (χ1n) is 49.4. The van der Waals surface area contributed by atoms with E-state index in [4.69, 9.17) is 33.7 Å². The van der Waals surface area contributed by atoms with E-state index in [9.17, 15) is 48.3 Å². The molecule has 10 heterocycles. The third kappa shape index (κ3) is 25.0. The number of hydrogen-bond acceptors (Lipinski definition) is 18. The summed E-state index contributed by atoms with van der Waals surface area (Å²) in [6.07, 6.45) is 11.2. The summed E-state index contributed by atoms with van der Waals surface area (Å²) in [6, 6.07) is 66.7. The predicted molar refractivity (Wildman–Crippen MR) is 553 cm³/mol. The third-order valence-electron chi connectivity index (χ3n) is 27.6. The number of aromatic nitrogens is 6. The molecule has 8 amide bonds. The maximum Gasteiger partial charge on any atom is 0.410 e. The van der Waals surface area contributed by atoms with Crippen LogP contribution in [0.15, 0.2) is 219 Å². The topological polar surface area (TPSA) is 370 Å². The summed E-state index contributed by atoms with van der Waals surface area (Å²) >= 11 is 3.71. The van der Waals surface area contributed by atoms with Gasteiger partial charge in [0.15, 0.2) is 0 Å². The van der Waals surface area contributed by atoms with E-state index in [0.29, 0.717) is 26.2 Å². The lowest BCUT2D eigenvalue weighted by Gasteiger charge is -2.34. The van der Waals surface area contributed by atoms with Crippen molar-refractivity contribution in [3.05, 3.63) is 253 Å². The minimum atomic E-state index is -0.997. The molecule has 0 spiro atoms. The molecular weight excluding hydrogens is 1830 g/mol. The third-order valence-corrected chi connectivity index (χ3v) is 29.7. The number of nitrogens with one attached hydrogen (secondary N) is 8. The van der Waals surface area contributed by atoms with Gasteiger partial charge >= 0.3 is 36.4 Å². The molecule has 18 rings (SSSR count). The number of ether oxygens (including phenoxy) is 5. The molecule has 6 aliphatic rings. The van der Waals surface area contributed by atoms with Crippen LogP contribution in [-0.4, -0.2) is 202 Å². The van der Waals surface area contributed by atoms with Gasteiger partial charge in [-0.2, -0.15) is 23.5 Å². The molecule has 29 nitrogen and oxygen atoms in total. The van der Waals surface area contributed by atoms with Crippen molar-refractivity contribution in [2.45, 2.75) is 193 Å². The molecule has 8 atom stereocenters. The van der Waals surface area contributed by atoms with Gasteiger partial charge in [-0.05, 0) is 259 Å². The Labute approximate surface area is 836 Å². The zero-order valence-electron chi connectivity index (χ0n) is 81.9. The van der Waals surface area contributed by atoms with Crippen LogP contribution in [0.5, 0.6) is 0 Å². The summed E-state index contributed by atoms with van der Waals surface area (Å²) in [6.45, 7) is 16.2. The van der Waals surface area contributed by atoms with E-state index in [2.05, 4.69) is 187 Å². The van der Waals surface area contributed by atoms with Crippen LogP contribution >= 0.6 is 23.5 Å². The van der Waals surface area contributed by atoms with Crippen LogP contribution in [0.1, 0.15) is 184 Å². The lowest BCUT2D eigenvalue weighted by molar-refractivity contribution is -0.141. The van der Waals surface area contributed by atoms with Crippen LogP contribution in [0.3, 0.4) is 0 Å². The number of likely N-dealkylation sites (tertiary alicyclic amines) is 4. The monoisotopic (exact) mass is 1960 g/mol. The summed E-state index contributed by atoms with van der Waals surface area (Å²) in [5, 5.41) is 24.6. The molecule has 31 heteroatoms. The highest BCUT2D eigenvalue weighted by Gasteiger charge is 2.43. The van der Waals surface area contributed by atoms with Gasteiger partial charge in [0.05, 0.1) is 62.2 Å². The highest BCUT2D eigenvalue weighted by atomic mass is 32.2. The van der Waals surface area contributed by atoms with Crippen LogP contribution in [0, 0.1) is 23.7 Å². The van der Waals surface area contributed by atoms with E-state index in [1.807, 2.05) is 165 Å². The van der Waals surface area contributed by atoms with Crippen molar-refractivity contribution in [1.29, 1.82) is 0 Å². The molecule has 12 aromatic rings. The van der Waals surface area contributed by atoms with Crippen LogP contribution in [0.4, 0.5) is 24.0 Å². The van der Waals surface area contributed by atoms with Crippen LogP contribution in [0.25, 0.3) is 88.8 Å². The number of benzene rings is 8. The van der Waals surface area contributed by atoms with Gasteiger partial charge in [0, 0.05) is 60.1 Å². The smallest absolute Gasteiger partial charge is 0.410 e. The highest BCUT2D eigenvalue weighted by molar-refractivity contribution is 7.99. The molecule has 142 heavy (non-hydrogen) atoms. The lowest BCUT2D eigenvalue weighted by atomic mass is 9.92. The fraction of sp³-hybridized carbons (Fsp3) is 0.396. The molecule has 6 saturated heterocycles. The Balaban J connectivity index is 0.000000172. The Morgan fingerprint density at radius 1 is 0.387 bits per heavy atom. The van der Waals surface area contributed by atoms with Crippen LogP contribution in [0.2, 0.25) is 0 Å². The summed E-state index contributed by atoms with van der Waals surface area (Å²) < 4.78 is 25.9. The summed E-state index contributed by atoms with van der Waals surface area (Å²) in [5.41, 5.74) is 15.6. The molecule has 0 saturated carbocycles. The van der Waals surface area contributed by atoms with Crippen molar-refractivity contribution in [2.24, 2.45) is 23.7 Å². The van der Waals surface area contributed by atoms with Gasteiger partial charge in [-0.15, -0.1) is 0 Å². The number of carboxylic acid groups (broad SMARTS) is 1. The fourth-order valence-electron chi connectivity index (χ4n) is 19.9. The van der Waals surface area contributed by atoms with Gasteiger partial charge < -0.3 is 84.7 Å². The van der Waals surface area contributed by atoms with E-state index < -0.39 is 60.1 Å². The summed E-state index contributed by atoms with van der Waals surface area (Å²) in [7, 11) is 2.60. The van der Waals surface area contributed by atoms with Gasteiger partial charge in [0.2, 0.25) is 17.7 Å². The Morgan fingerprint density at radius 3 is 1.13 bits per heavy atom. The standard InChI is InChI=1S/C53H59N7O6S.C43H50N6O5.C15H19NO4S/c1-33(2)47(57-52(63)65-3)50(61)60-26-8-12-46(60)49-54-31-44(56-49)41-20-19-39-29-38(17-18-40(39)30-41)35-13-15-36(16-14-35)42-21-22-43(55-42)45-11-7-25-59(45)51(62)48(37-23-27-67-28-24-37)58-53(64)66-32-34-9-5-4-6-10-34;1-26(2)38(47-41(51)53-6)40(50)48-21-8-10-37(48)39-44-25-35(46-39)32-18-17-30-23-29(15-16-31(30)24-32)27-11-13-28(14-12-27)33-19-20-34(45-33)36-9-7-22-49(36)42(52)54-43(3,4)5;17-14(18)13(12-6-8-21-9-7-12)16-15(19)20-10-11-4-2-1-3-5-11/h4-6,9-10,13-22,29-31,33,37,45-48,55H,7-8,11-12,23-28,32H2,1-3H3,(H,54,56)(H,57,63)(H,58,64);11-20,23-26,36-38,45H,7-10,21-22H2,1-6H3,(H,44,46)(H,47,51);1-5,12-13H,6-10H2,(H,16,19)(H,17,18)/t45-,46-,47-,48-;36-,37-,38-;13-/m000/s1. The van der Waals surface area contributed by atoms with Gasteiger partial charge in [0.1, 0.15) is 54.6 Å². The van der Waals surface area contributed by atoms with Crippen molar-refractivity contribution in [3.63, 3.8) is 0 Å². The largest absolute Gasteiger partial charge is 0.480 e. The second-order valence-electron chi connectivity index (χ2n) is 38.9. The number of nitrogens with zero attached hydrogens (tertiary/aromatic N) is 6. The SMILES string of the molecule is COC(=O)N[C@H](C(=O)N1CCC[C@H]1c1ncc(-c2ccc3cc(-c4ccc(-c5ccc([C@@H]6CCCN6C(=O)OC(C)(C)C)[nH]5)cc4)ccc3c2)[nH]1)C(C)C.COC(=O)N[C@H](C(=O)N1CCC[C@H]1c1ncc(-c2ccc3cc(-c4ccc(-c5ccc([C@@H]6CCCN6C(=O)[C@@H](NC(=O)OCc6ccccc6)C6CCSCC6)[nH]5)cc4)ccc3c2)[nH]1)C(C)C.O=C(N[C@H](C(=O)O)C1CCSCC1)OCc1ccccc1. The molecule has 0 radical (unpaired) electrons. The van der Waals surface area contributed by atoms with Crippen molar-refractivity contribution >= 4 is 99.2 Å². The van der Waals surface area contributed by atoms with Crippen LogP contribution in [-0.2, 0) is 56.1 Å². The quantitative estimate of drug-likeness (QED) is 0.0227. The number of amides is 8. The molecular formula is C111H128N14O15S2. The molecule has 9 N–H and O–H groups in total. The molecule has 6 aliphatic heterocycles. The number of hydrogen-bond donors (Lipinski definition) is 9. The first-order valence-corrected chi connectivity index (χ1v) is 51.7. The number of rotatable bonds is 26. The number of imidazole rings is 2. The second kappa shape index (κ2) is 46.7. The first kappa shape index (κ1) is 101. The van der Waals surface area contributed by atoms with E-state index in [0.717, 1.165) is 223 Å². The Bertz CT molecular complexity index is 6380. The number of carboxylic acids is 1. The minimum absolute atomic E-state index is 0.0181. The first-order chi connectivity index (χ1) is 68.7. The number of carbonyl (C=O) groups excluding carboxylic acids is 8. The number of carbonyl (C=O) groups is 9. The summed E-state index contributed by atoms with van der Waals surface area (Å²) in [5.74, 6) is 3.85. The van der Waals surface area contributed by atoms with E-state index in [-0.39, 0.29) is 84.9 Å². The zero-order valence-corrected chi connectivity index (χ0v) is 83.6. The zero-order chi connectivity index (χ0) is 99.7. The molecule has 4 aromatic heterocycles. The minimum Gasteiger partial charge on any atom is -0.480 e. The number of alkyl carbamates (subject to hydrolysis) is 4. The lowest BCUT2D eigenvalue weighted by Crippen LogP contribution is -2.53. The van der Waals surface area contributed by atoms with Crippen molar-refractivity contribution in [2.75, 3.05) is 63.4 Å². The molecule has 6 fully saturated rings. The number of H-pyrrole nitrogens is 4. The summed E-state index contributed by atoms with van der Waals surface area (Å²) in [4.78, 5) is 146. The maximum atomic E-state index is 14.4. The van der Waals surface area contributed by atoms with E-state index >= 15 is 0 Å². The Morgan fingerprint density at radius 2 is 0.739 bits per heavy atom. The molecule has 744 valence electrons. The molecule has 0 aliphatic carbocycles. The average molecular weight is 1960 g/mol. The fourth-order valence-corrected chi connectivity index (χ4v) is 22.2. The Hall–Kier alpha value is -13.8. The van der Waals surface area contributed by atoms with Crippen LogP contribution < -0.4 is 21.3 Å². The van der Waals surface area contributed by atoms with Gasteiger partial charge in [-0.1, -0.05) is 185 Å². The number of aliphatic carboxylic acids is 1. The number of fused-ring (bicyclic) bond motifs is 2. The van der Waals surface area contributed by atoms with E-state index in [1.165, 1.54) is 14.2 Å². The van der Waals surface area contributed by atoms with Crippen molar-refractivity contribution in [1.82, 2.24) is 70.8 Å². The molecule has 8 aromatic carbocycles. The van der Waals surface area contributed by atoms with Gasteiger partial charge in [0.25, 0.3) is 0 Å². The van der Waals surface area contributed by atoms with Crippen molar-refractivity contribution < 1.29 is 71.9 Å².